The molecule has 4 aromatic rings. The molecule has 0 saturated carbocycles. The zero-order valence-corrected chi connectivity index (χ0v) is 19.4. The Morgan fingerprint density at radius 1 is 0.909 bits per heavy atom. The summed E-state index contributed by atoms with van der Waals surface area (Å²) in [7, 11) is 0. The highest BCUT2D eigenvalue weighted by molar-refractivity contribution is 5.80. The van der Waals surface area contributed by atoms with Crippen molar-refractivity contribution < 1.29 is 0 Å². The summed E-state index contributed by atoms with van der Waals surface area (Å²) >= 11 is 0. The number of rotatable bonds is 11. The average Bonchev–Trinajstić information content (AvgIpc) is 3.48. The first kappa shape index (κ1) is 22.6. The standard InChI is InChI=1S/C25H31N7O/c1-3-5-9-17-32-25(33)31(23(28-32)12-6-4-2)18-19-13-15-20(16-14-19)21-10-7-8-11-22(21)24-26-29-30-27-24/h7-8,10-11,13-16H,3-6,9,12,17-18H2,1-2H3,(H,26,27,29,30). The molecule has 0 saturated heterocycles. The van der Waals surface area contributed by atoms with Crippen molar-refractivity contribution in [1.29, 1.82) is 0 Å². The first-order valence-electron chi connectivity index (χ1n) is 11.8. The summed E-state index contributed by atoms with van der Waals surface area (Å²) < 4.78 is 3.49. The molecule has 0 amide bonds. The van der Waals surface area contributed by atoms with E-state index in [1.54, 1.807) is 4.68 Å². The molecule has 172 valence electrons. The van der Waals surface area contributed by atoms with E-state index in [9.17, 15) is 4.79 Å². The fourth-order valence-electron chi connectivity index (χ4n) is 4.00. The summed E-state index contributed by atoms with van der Waals surface area (Å²) in [4.78, 5) is 13.1. The van der Waals surface area contributed by atoms with Crippen LogP contribution in [0.25, 0.3) is 22.5 Å². The van der Waals surface area contributed by atoms with Gasteiger partial charge in [0, 0.05) is 18.5 Å². The third-order valence-electron chi connectivity index (χ3n) is 5.85. The Morgan fingerprint density at radius 2 is 1.67 bits per heavy atom. The van der Waals surface area contributed by atoms with Gasteiger partial charge in [0.25, 0.3) is 0 Å². The van der Waals surface area contributed by atoms with E-state index in [4.69, 9.17) is 0 Å². The number of aromatic amines is 1. The Bertz CT molecular complexity index is 1210. The highest BCUT2D eigenvalue weighted by Gasteiger charge is 2.14. The van der Waals surface area contributed by atoms with Crippen molar-refractivity contribution in [3.63, 3.8) is 0 Å². The van der Waals surface area contributed by atoms with Crippen molar-refractivity contribution in [3.8, 4) is 22.5 Å². The highest BCUT2D eigenvalue weighted by atomic mass is 16.2. The van der Waals surface area contributed by atoms with Crippen molar-refractivity contribution in [1.82, 2.24) is 35.0 Å². The summed E-state index contributed by atoms with van der Waals surface area (Å²) in [6.45, 7) is 5.53. The van der Waals surface area contributed by atoms with Gasteiger partial charge in [-0.1, -0.05) is 81.6 Å². The van der Waals surface area contributed by atoms with Gasteiger partial charge >= 0.3 is 5.69 Å². The molecule has 0 bridgehead atoms. The van der Waals surface area contributed by atoms with Crippen molar-refractivity contribution in [2.45, 2.75) is 65.5 Å². The summed E-state index contributed by atoms with van der Waals surface area (Å²) in [5, 5.41) is 19.1. The van der Waals surface area contributed by atoms with Gasteiger partial charge in [-0.2, -0.15) is 10.3 Å². The molecule has 0 fully saturated rings. The molecular formula is C25H31N7O. The molecule has 2 aromatic carbocycles. The molecule has 0 unspecified atom stereocenters. The molecule has 4 rings (SSSR count). The van der Waals surface area contributed by atoms with Crippen molar-refractivity contribution in [2.24, 2.45) is 0 Å². The van der Waals surface area contributed by atoms with Crippen LogP contribution in [0.5, 0.6) is 0 Å². The molecule has 0 aliphatic heterocycles. The number of hydrogen-bond donors (Lipinski definition) is 1. The normalized spacial score (nSPS) is 11.2. The molecule has 2 heterocycles. The highest BCUT2D eigenvalue weighted by Crippen LogP contribution is 2.29. The van der Waals surface area contributed by atoms with E-state index in [2.05, 4.69) is 63.8 Å². The second-order valence-electron chi connectivity index (χ2n) is 8.30. The second-order valence-corrected chi connectivity index (χ2v) is 8.30. The fourth-order valence-corrected chi connectivity index (χ4v) is 4.00. The number of tetrazole rings is 1. The maximum Gasteiger partial charge on any atom is 0.346 e. The number of aryl methyl sites for hydroxylation is 2. The van der Waals surface area contributed by atoms with Crippen LogP contribution >= 0.6 is 0 Å². The van der Waals surface area contributed by atoms with Gasteiger partial charge < -0.3 is 0 Å². The lowest BCUT2D eigenvalue weighted by Crippen LogP contribution is -2.26. The first-order valence-corrected chi connectivity index (χ1v) is 11.8. The quantitative estimate of drug-likeness (QED) is 0.344. The number of unbranched alkanes of at least 4 members (excludes halogenated alkanes) is 3. The van der Waals surface area contributed by atoms with Gasteiger partial charge in [0.05, 0.1) is 6.54 Å². The average molecular weight is 446 g/mol. The van der Waals surface area contributed by atoms with E-state index in [1.165, 1.54) is 0 Å². The van der Waals surface area contributed by atoms with Gasteiger partial charge in [0.15, 0.2) is 0 Å². The SMILES string of the molecule is CCCCCn1nc(CCCC)n(Cc2ccc(-c3ccccc3-c3nn[nH]n3)cc2)c1=O. The van der Waals surface area contributed by atoms with E-state index in [0.29, 0.717) is 18.9 Å². The maximum absolute atomic E-state index is 13.1. The lowest BCUT2D eigenvalue weighted by atomic mass is 9.98. The van der Waals surface area contributed by atoms with E-state index in [-0.39, 0.29) is 5.69 Å². The number of benzene rings is 2. The number of nitrogens with zero attached hydrogens (tertiary/aromatic N) is 6. The molecule has 0 radical (unpaired) electrons. The second kappa shape index (κ2) is 10.8. The third-order valence-corrected chi connectivity index (χ3v) is 5.85. The van der Waals surface area contributed by atoms with Crippen LogP contribution in [0.3, 0.4) is 0 Å². The van der Waals surface area contributed by atoms with Crippen LogP contribution in [0.1, 0.15) is 57.3 Å². The van der Waals surface area contributed by atoms with Crippen LogP contribution in [0.15, 0.2) is 53.3 Å². The van der Waals surface area contributed by atoms with Gasteiger partial charge in [-0.25, -0.2) is 9.48 Å². The first-order chi connectivity index (χ1) is 16.2. The Hall–Kier alpha value is -3.55. The van der Waals surface area contributed by atoms with Gasteiger partial charge in [-0.3, -0.25) is 4.57 Å². The minimum Gasteiger partial charge on any atom is -0.274 e. The van der Waals surface area contributed by atoms with Crippen molar-refractivity contribution >= 4 is 0 Å². The molecule has 0 atom stereocenters. The largest absolute Gasteiger partial charge is 0.346 e. The zero-order valence-electron chi connectivity index (χ0n) is 19.4. The Balaban J connectivity index is 1.58. The maximum atomic E-state index is 13.1. The van der Waals surface area contributed by atoms with E-state index < -0.39 is 0 Å². The van der Waals surface area contributed by atoms with E-state index >= 15 is 0 Å². The van der Waals surface area contributed by atoms with Crippen LogP contribution in [0, 0.1) is 0 Å². The molecular weight excluding hydrogens is 414 g/mol. The zero-order chi connectivity index (χ0) is 23.0. The number of aromatic nitrogens is 7. The number of H-pyrrole nitrogens is 1. The van der Waals surface area contributed by atoms with Gasteiger partial charge in [-0.15, -0.1) is 10.2 Å². The fraction of sp³-hybridized carbons (Fsp3) is 0.400. The van der Waals surface area contributed by atoms with Gasteiger partial charge in [0.1, 0.15) is 5.82 Å². The van der Waals surface area contributed by atoms with Gasteiger partial charge in [0.2, 0.25) is 5.82 Å². The summed E-state index contributed by atoms with van der Waals surface area (Å²) in [6, 6.07) is 16.3. The lowest BCUT2D eigenvalue weighted by molar-refractivity contribution is 0.529. The molecule has 8 nitrogen and oxygen atoms in total. The van der Waals surface area contributed by atoms with Crippen molar-refractivity contribution in [2.75, 3.05) is 0 Å². The van der Waals surface area contributed by atoms with Crippen LogP contribution in [-0.2, 0) is 19.5 Å². The van der Waals surface area contributed by atoms with E-state index in [1.807, 2.05) is 28.8 Å². The Kier molecular flexibility index (Phi) is 7.44. The van der Waals surface area contributed by atoms with Crippen LogP contribution in [-0.4, -0.2) is 35.0 Å². The molecule has 0 aliphatic rings. The Morgan fingerprint density at radius 3 is 2.36 bits per heavy atom. The smallest absolute Gasteiger partial charge is 0.274 e. The monoisotopic (exact) mass is 445 g/mol. The summed E-state index contributed by atoms with van der Waals surface area (Å²) in [5.74, 6) is 1.45. The van der Waals surface area contributed by atoms with Crippen LogP contribution in [0.2, 0.25) is 0 Å². The third kappa shape index (κ3) is 5.27. The summed E-state index contributed by atoms with van der Waals surface area (Å²) in [6.07, 6.45) is 6.14. The molecule has 33 heavy (non-hydrogen) atoms. The minimum atomic E-state index is -0.0104. The molecule has 1 N–H and O–H groups in total. The van der Waals surface area contributed by atoms with Gasteiger partial charge in [-0.05, 0) is 34.7 Å². The predicted octanol–water partition coefficient (Wildman–Crippen LogP) is 4.47. The molecule has 0 aliphatic carbocycles. The summed E-state index contributed by atoms with van der Waals surface area (Å²) in [5.41, 5.74) is 4.08. The predicted molar refractivity (Wildman–Crippen MR) is 129 cm³/mol. The molecule has 0 spiro atoms. The molecule has 2 aromatic heterocycles. The molecule has 8 heteroatoms. The number of hydrogen-bond acceptors (Lipinski definition) is 5. The topological polar surface area (TPSA) is 94.3 Å². The van der Waals surface area contributed by atoms with E-state index in [0.717, 1.165) is 66.6 Å². The Labute approximate surface area is 193 Å². The lowest BCUT2D eigenvalue weighted by Gasteiger charge is -2.09. The minimum absolute atomic E-state index is 0.0104. The number of nitrogens with one attached hydrogen (secondary N) is 1. The van der Waals surface area contributed by atoms with Crippen LogP contribution < -0.4 is 5.69 Å². The van der Waals surface area contributed by atoms with Crippen LogP contribution in [0.4, 0.5) is 0 Å². The van der Waals surface area contributed by atoms with Crippen molar-refractivity contribution in [3.05, 3.63) is 70.4 Å².